The monoisotopic (exact) mass is 199 g/mol. The lowest BCUT2D eigenvalue weighted by molar-refractivity contribution is -0.149. The van der Waals surface area contributed by atoms with E-state index in [1.54, 1.807) is 0 Å². The molecule has 0 heterocycles. The second-order valence-corrected chi connectivity index (χ2v) is 4.15. The summed E-state index contributed by atoms with van der Waals surface area (Å²) in [5.41, 5.74) is 0. The number of nitrogens with one attached hydrogen (secondary N) is 1. The van der Waals surface area contributed by atoms with Crippen LogP contribution < -0.4 is 5.32 Å². The van der Waals surface area contributed by atoms with Crippen molar-refractivity contribution in [2.45, 2.75) is 45.6 Å². The van der Waals surface area contributed by atoms with Crippen LogP contribution in [0.5, 0.6) is 0 Å². The predicted molar refractivity (Wildman–Crippen MR) is 56.1 cm³/mol. The topological polar surface area (TPSA) is 38.3 Å². The van der Waals surface area contributed by atoms with Crippen LogP contribution in [0.25, 0.3) is 0 Å². The summed E-state index contributed by atoms with van der Waals surface area (Å²) in [5.74, 6) is 0.699. The molecule has 1 rings (SSSR count). The summed E-state index contributed by atoms with van der Waals surface area (Å²) in [4.78, 5) is 11.3. The zero-order chi connectivity index (χ0) is 10.4. The van der Waals surface area contributed by atoms with E-state index in [0.717, 1.165) is 25.3 Å². The number of ether oxygens (including phenoxy) is 1. The summed E-state index contributed by atoms with van der Waals surface area (Å²) in [6.45, 7) is 5.41. The highest BCUT2D eigenvalue weighted by Gasteiger charge is 2.20. The lowest BCUT2D eigenvalue weighted by atomic mass is 9.89. The van der Waals surface area contributed by atoms with E-state index in [9.17, 15) is 4.79 Å². The Kier molecular flexibility index (Phi) is 4.94. The first kappa shape index (κ1) is 11.5. The van der Waals surface area contributed by atoms with E-state index in [2.05, 4.69) is 12.2 Å². The lowest BCUT2D eigenvalue weighted by Gasteiger charge is -2.25. The number of carbonyl (C=O) groups is 1. The van der Waals surface area contributed by atoms with Crippen LogP contribution in [0.15, 0.2) is 0 Å². The average Bonchev–Trinajstić information content (AvgIpc) is 2.18. The van der Waals surface area contributed by atoms with Crippen molar-refractivity contribution in [3.8, 4) is 0 Å². The van der Waals surface area contributed by atoms with Crippen molar-refractivity contribution in [1.82, 2.24) is 5.32 Å². The molecule has 3 nitrogen and oxygen atoms in total. The number of hydrogen-bond acceptors (Lipinski definition) is 3. The zero-order valence-corrected chi connectivity index (χ0v) is 9.21. The quantitative estimate of drug-likeness (QED) is 0.701. The minimum atomic E-state index is -0.105. The van der Waals surface area contributed by atoms with Gasteiger partial charge in [0.15, 0.2) is 0 Å². The molecule has 0 radical (unpaired) electrons. The summed E-state index contributed by atoms with van der Waals surface area (Å²) in [5, 5.41) is 2.97. The maximum atomic E-state index is 11.3. The van der Waals surface area contributed by atoms with E-state index in [1.165, 1.54) is 12.8 Å². The van der Waals surface area contributed by atoms with Crippen molar-refractivity contribution in [3.05, 3.63) is 0 Å². The van der Waals surface area contributed by atoms with Crippen molar-refractivity contribution >= 4 is 5.97 Å². The summed E-state index contributed by atoms with van der Waals surface area (Å²) < 4.78 is 5.34. The Bertz CT molecular complexity index is 174. The molecule has 0 aromatic carbocycles. The maximum Gasteiger partial charge on any atom is 0.320 e. The highest BCUT2D eigenvalue weighted by atomic mass is 16.5. The molecule has 0 unspecified atom stereocenters. The smallest absolute Gasteiger partial charge is 0.320 e. The molecule has 1 aliphatic carbocycles. The lowest BCUT2D eigenvalue weighted by Crippen LogP contribution is -2.30. The van der Waals surface area contributed by atoms with Crippen LogP contribution >= 0.6 is 0 Å². The Labute approximate surface area is 86.2 Å². The molecule has 1 saturated carbocycles. The Morgan fingerprint density at radius 2 is 2.00 bits per heavy atom. The summed E-state index contributed by atoms with van der Waals surface area (Å²) in [6, 6.07) is 0. The third-order valence-corrected chi connectivity index (χ3v) is 2.78. The number of carbonyl (C=O) groups excluding carboxylic acids is 1. The van der Waals surface area contributed by atoms with Crippen molar-refractivity contribution in [3.63, 3.8) is 0 Å². The molecular weight excluding hydrogens is 178 g/mol. The maximum absolute atomic E-state index is 11.3. The van der Waals surface area contributed by atoms with Crippen LogP contribution in [0.3, 0.4) is 0 Å². The van der Waals surface area contributed by atoms with Gasteiger partial charge in [0.05, 0.1) is 6.54 Å². The van der Waals surface area contributed by atoms with E-state index >= 15 is 0 Å². The van der Waals surface area contributed by atoms with Crippen LogP contribution in [-0.4, -0.2) is 25.2 Å². The van der Waals surface area contributed by atoms with Gasteiger partial charge in [0.25, 0.3) is 0 Å². The van der Waals surface area contributed by atoms with E-state index in [4.69, 9.17) is 4.74 Å². The molecule has 0 aliphatic heterocycles. The molecule has 0 amide bonds. The van der Waals surface area contributed by atoms with Gasteiger partial charge in [-0.15, -0.1) is 0 Å². The predicted octanol–water partition coefficient (Wildman–Crippen LogP) is 1.72. The molecule has 1 N–H and O–H groups in total. The van der Waals surface area contributed by atoms with E-state index in [1.807, 2.05) is 6.92 Å². The minimum absolute atomic E-state index is 0.105. The first-order valence-electron chi connectivity index (χ1n) is 5.62. The second-order valence-electron chi connectivity index (χ2n) is 4.15. The van der Waals surface area contributed by atoms with Gasteiger partial charge in [-0.3, -0.25) is 4.79 Å². The van der Waals surface area contributed by atoms with Gasteiger partial charge >= 0.3 is 5.97 Å². The minimum Gasteiger partial charge on any atom is -0.461 e. The Hall–Kier alpha value is -0.570. The molecule has 0 saturated heterocycles. The summed E-state index contributed by atoms with van der Waals surface area (Å²) in [6.07, 6.45) is 4.65. The van der Waals surface area contributed by atoms with Crippen molar-refractivity contribution in [2.75, 3.05) is 13.1 Å². The molecule has 1 aliphatic rings. The molecule has 0 aromatic heterocycles. The van der Waals surface area contributed by atoms with E-state index < -0.39 is 0 Å². The van der Waals surface area contributed by atoms with Crippen LogP contribution in [0, 0.1) is 5.92 Å². The van der Waals surface area contributed by atoms with Gasteiger partial charge in [0.1, 0.15) is 6.10 Å². The Morgan fingerprint density at radius 3 is 2.57 bits per heavy atom. The van der Waals surface area contributed by atoms with E-state index in [-0.39, 0.29) is 12.1 Å². The fourth-order valence-corrected chi connectivity index (χ4v) is 1.80. The first-order valence-corrected chi connectivity index (χ1v) is 5.62. The highest BCUT2D eigenvalue weighted by molar-refractivity contribution is 5.71. The molecule has 3 heteroatoms. The number of likely N-dealkylation sites (N-methyl/N-ethyl adjacent to an activating group) is 1. The Balaban J connectivity index is 2.14. The van der Waals surface area contributed by atoms with Crippen LogP contribution in [0.2, 0.25) is 0 Å². The fourth-order valence-electron chi connectivity index (χ4n) is 1.80. The van der Waals surface area contributed by atoms with Gasteiger partial charge in [-0.25, -0.2) is 0 Å². The van der Waals surface area contributed by atoms with Gasteiger partial charge in [-0.1, -0.05) is 13.8 Å². The standard InChI is InChI=1S/C11H21NO2/c1-3-12-8-11(13)14-10-6-4-9(2)5-7-10/h9-10,12H,3-8H2,1-2H3. The fraction of sp³-hybridized carbons (Fsp3) is 0.909. The third kappa shape index (κ3) is 4.09. The van der Waals surface area contributed by atoms with Gasteiger partial charge in [0, 0.05) is 0 Å². The zero-order valence-electron chi connectivity index (χ0n) is 9.21. The molecule has 0 spiro atoms. The number of rotatable bonds is 4. The third-order valence-electron chi connectivity index (χ3n) is 2.78. The summed E-state index contributed by atoms with van der Waals surface area (Å²) >= 11 is 0. The molecular formula is C11H21NO2. The first-order chi connectivity index (χ1) is 6.72. The van der Waals surface area contributed by atoms with E-state index in [0.29, 0.717) is 6.54 Å². The number of esters is 1. The highest BCUT2D eigenvalue weighted by Crippen LogP contribution is 2.25. The largest absolute Gasteiger partial charge is 0.461 e. The molecule has 0 bridgehead atoms. The van der Waals surface area contributed by atoms with Crippen molar-refractivity contribution in [2.24, 2.45) is 5.92 Å². The SMILES string of the molecule is CCNCC(=O)OC1CCC(C)CC1. The Morgan fingerprint density at radius 1 is 1.36 bits per heavy atom. The van der Waals surface area contributed by atoms with Gasteiger partial charge in [-0.2, -0.15) is 0 Å². The molecule has 0 atom stereocenters. The van der Waals surface area contributed by atoms with Crippen LogP contribution in [-0.2, 0) is 9.53 Å². The van der Waals surface area contributed by atoms with Gasteiger partial charge < -0.3 is 10.1 Å². The molecule has 82 valence electrons. The molecule has 0 aromatic rings. The molecule has 14 heavy (non-hydrogen) atoms. The van der Waals surface area contributed by atoms with Crippen molar-refractivity contribution < 1.29 is 9.53 Å². The molecule has 1 fully saturated rings. The normalized spacial score (nSPS) is 27.3. The van der Waals surface area contributed by atoms with Crippen LogP contribution in [0.4, 0.5) is 0 Å². The summed E-state index contributed by atoms with van der Waals surface area (Å²) in [7, 11) is 0. The second kappa shape index (κ2) is 6.02. The van der Waals surface area contributed by atoms with Gasteiger partial charge in [-0.05, 0) is 38.1 Å². The van der Waals surface area contributed by atoms with Crippen LogP contribution in [0.1, 0.15) is 39.5 Å². The van der Waals surface area contributed by atoms with Gasteiger partial charge in [0.2, 0.25) is 0 Å². The average molecular weight is 199 g/mol. The van der Waals surface area contributed by atoms with Crippen molar-refractivity contribution in [1.29, 1.82) is 0 Å². The number of hydrogen-bond donors (Lipinski definition) is 1.